The van der Waals surface area contributed by atoms with E-state index in [1.54, 1.807) is 0 Å². The largest absolute Gasteiger partial charge is 0.454 e. The quantitative estimate of drug-likeness (QED) is 0.783. The molecule has 1 N–H and O–H groups in total. The number of hydrogen-bond acceptors (Lipinski definition) is 4. The molecule has 2 aliphatic heterocycles. The van der Waals surface area contributed by atoms with Crippen molar-refractivity contribution in [2.24, 2.45) is 17.3 Å². The molecule has 1 aromatic rings. The molecule has 2 atom stereocenters. The Morgan fingerprint density at radius 1 is 1.18 bits per heavy atom. The van der Waals surface area contributed by atoms with E-state index in [0.29, 0.717) is 25.7 Å². The van der Waals surface area contributed by atoms with Gasteiger partial charge in [0.1, 0.15) is 0 Å². The maximum Gasteiger partial charge on any atom is 0.231 e. The van der Waals surface area contributed by atoms with Crippen LogP contribution in [0.3, 0.4) is 0 Å². The molecule has 0 aromatic heterocycles. The van der Waals surface area contributed by atoms with Gasteiger partial charge in [-0.15, -0.1) is 0 Å². The first-order chi connectivity index (χ1) is 13.3. The van der Waals surface area contributed by atoms with Crippen LogP contribution in [-0.2, 0) is 14.9 Å². The summed E-state index contributed by atoms with van der Waals surface area (Å²) >= 11 is 0. The van der Waals surface area contributed by atoms with Crippen LogP contribution in [0, 0.1) is 17.3 Å². The summed E-state index contributed by atoms with van der Waals surface area (Å²) < 4.78 is 16.7. The number of benzene rings is 1. The van der Waals surface area contributed by atoms with E-state index in [-0.39, 0.29) is 29.4 Å². The van der Waals surface area contributed by atoms with Crippen molar-refractivity contribution in [1.29, 1.82) is 0 Å². The Kier molecular flexibility index (Phi) is 4.90. The molecule has 1 saturated heterocycles. The number of carbonyl (C=O) groups is 1. The van der Waals surface area contributed by atoms with E-state index in [9.17, 15) is 4.79 Å². The second kappa shape index (κ2) is 7.11. The number of ether oxygens (including phenoxy) is 3. The first kappa shape index (κ1) is 19.3. The Morgan fingerprint density at radius 3 is 2.61 bits per heavy atom. The van der Waals surface area contributed by atoms with E-state index in [1.807, 2.05) is 6.07 Å². The van der Waals surface area contributed by atoms with Crippen LogP contribution in [0.25, 0.3) is 0 Å². The van der Waals surface area contributed by atoms with Crippen molar-refractivity contribution in [1.82, 2.24) is 5.32 Å². The van der Waals surface area contributed by atoms with Crippen molar-refractivity contribution in [3.63, 3.8) is 0 Å². The lowest BCUT2D eigenvalue weighted by Crippen LogP contribution is -2.45. The number of allylic oxidation sites excluding steroid dienone is 2. The summed E-state index contributed by atoms with van der Waals surface area (Å²) in [5.74, 6) is 2.13. The zero-order valence-corrected chi connectivity index (χ0v) is 17.3. The normalized spacial score (nSPS) is 26.4. The fourth-order valence-corrected chi connectivity index (χ4v) is 4.77. The van der Waals surface area contributed by atoms with E-state index >= 15 is 0 Å². The fraction of sp³-hybridized carbons (Fsp3) is 0.609. The molecule has 28 heavy (non-hydrogen) atoms. The average molecular weight is 386 g/mol. The Balaban J connectivity index is 1.50. The smallest absolute Gasteiger partial charge is 0.231 e. The zero-order chi connectivity index (χ0) is 19.9. The summed E-state index contributed by atoms with van der Waals surface area (Å²) in [7, 11) is 0. The molecule has 0 spiro atoms. The summed E-state index contributed by atoms with van der Waals surface area (Å²) in [6, 6.07) is 6.16. The summed E-state index contributed by atoms with van der Waals surface area (Å²) in [6.45, 7) is 10.9. The van der Waals surface area contributed by atoms with E-state index in [1.165, 1.54) is 11.1 Å². The number of hydrogen-bond donors (Lipinski definition) is 1. The molecule has 4 rings (SSSR count). The minimum absolute atomic E-state index is 0.0307. The third kappa shape index (κ3) is 3.41. The average Bonchev–Trinajstić information content (AvgIpc) is 3.01. The molecule has 1 saturated carbocycles. The van der Waals surface area contributed by atoms with E-state index in [2.05, 4.69) is 51.2 Å². The van der Waals surface area contributed by atoms with Gasteiger partial charge in [-0.2, -0.15) is 0 Å². The van der Waals surface area contributed by atoms with Crippen LogP contribution in [-0.4, -0.2) is 32.5 Å². The molecule has 5 nitrogen and oxygen atoms in total. The second-order valence-electron chi connectivity index (χ2n) is 9.25. The molecule has 0 radical (unpaired) electrons. The maximum atomic E-state index is 13.0. The number of nitrogens with one attached hydrogen (secondary N) is 1. The Morgan fingerprint density at radius 2 is 1.89 bits per heavy atom. The van der Waals surface area contributed by atoms with Crippen molar-refractivity contribution in [2.75, 3.05) is 26.6 Å². The van der Waals surface area contributed by atoms with E-state index in [4.69, 9.17) is 14.2 Å². The number of carbonyl (C=O) groups excluding carboxylic acids is 1. The topological polar surface area (TPSA) is 56.8 Å². The lowest BCUT2D eigenvalue weighted by molar-refractivity contribution is -0.123. The number of rotatable bonds is 5. The molecule has 2 fully saturated rings. The molecule has 1 amide bonds. The first-order valence-electron chi connectivity index (χ1n) is 10.2. The summed E-state index contributed by atoms with van der Waals surface area (Å²) in [5, 5.41) is 3.28. The van der Waals surface area contributed by atoms with Crippen LogP contribution in [0.4, 0.5) is 0 Å². The van der Waals surface area contributed by atoms with Crippen LogP contribution in [0.5, 0.6) is 11.5 Å². The van der Waals surface area contributed by atoms with Gasteiger partial charge in [-0.25, -0.2) is 0 Å². The van der Waals surface area contributed by atoms with Crippen molar-refractivity contribution < 1.29 is 19.0 Å². The van der Waals surface area contributed by atoms with E-state index < -0.39 is 0 Å². The van der Waals surface area contributed by atoms with Crippen molar-refractivity contribution in [2.45, 2.75) is 46.0 Å². The van der Waals surface area contributed by atoms with Crippen LogP contribution < -0.4 is 14.8 Å². The second-order valence-corrected chi connectivity index (χ2v) is 9.25. The van der Waals surface area contributed by atoms with Gasteiger partial charge in [0.15, 0.2) is 11.5 Å². The van der Waals surface area contributed by atoms with Crippen molar-refractivity contribution in [3.05, 3.63) is 35.4 Å². The highest BCUT2D eigenvalue weighted by atomic mass is 16.7. The lowest BCUT2D eigenvalue weighted by Gasteiger charge is -2.38. The molecule has 1 aromatic carbocycles. The minimum Gasteiger partial charge on any atom is -0.454 e. The molecule has 5 heteroatoms. The van der Waals surface area contributed by atoms with E-state index in [0.717, 1.165) is 24.3 Å². The van der Waals surface area contributed by atoms with Gasteiger partial charge in [0.2, 0.25) is 12.7 Å². The third-order valence-corrected chi connectivity index (χ3v) is 6.74. The highest BCUT2D eigenvalue weighted by Crippen LogP contribution is 2.59. The molecule has 2 heterocycles. The molecule has 152 valence electrons. The zero-order valence-electron chi connectivity index (χ0n) is 17.3. The maximum absolute atomic E-state index is 13.0. The predicted molar refractivity (Wildman–Crippen MR) is 107 cm³/mol. The van der Waals surface area contributed by atoms with Crippen molar-refractivity contribution >= 4 is 5.91 Å². The predicted octanol–water partition coefficient (Wildman–Crippen LogP) is 3.82. The summed E-state index contributed by atoms with van der Waals surface area (Å²) in [6.07, 6.45) is 4.02. The third-order valence-electron chi connectivity index (χ3n) is 6.74. The Bertz CT molecular complexity index is 788. The summed E-state index contributed by atoms with van der Waals surface area (Å²) in [5.41, 5.74) is 2.37. The standard InChI is InChI=1S/C23H31NO4/c1-15(2)11-17-20(22(17,3)4)21(25)24-13-23(7-9-26-10-8-23)16-5-6-18-19(12-16)28-14-27-18/h5-6,11-12,17,20H,7-10,13-14H2,1-4H3,(H,24,25)/t17-,20-/m0/s1. The Hall–Kier alpha value is -2.01. The molecule has 0 unspecified atom stereocenters. The highest BCUT2D eigenvalue weighted by Gasteiger charge is 2.60. The SMILES string of the molecule is CC(C)=C[C@H]1[C@@H](C(=O)NCC2(c3ccc4c(c3)OCO4)CCOCC2)C1(C)C. The van der Waals surface area contributed by atoms with Crippen LogP contribution >= 0.6 is 0 Å². The van der Waals surface area contributed by atoms with Gasteiger partial charge in [0.05, 0.1) is 5.92 Å². The van der Waals surface area contributed by atoms with Gasteiger partial charge in [0.25, 0.3) is 0 Å². The number of amides is 1. The van der Waals surface area contributed by atoms with Gasteiger partial charge in [-0.1, -0.05) is 31.6 Å². The lowest BCUT2D eigenvalue weighted by atomic mass is 9.74. The van der Waals surface area contributed by atoms with Gasteiger partial charge in [-0.05, 0) is 55.7 Å². The van der Waals surface area contributed by atoms with Gasteiger partial charge in [0, 0.05) is 25.2 Å². The molecular weight excluding hydrogens is 354 g/mol. The van der Waals surface area contributed by atoms with Crippen LogP contribution in [0.15, 0.2) is 29.8 Å². The Labute approximate surface area is 167 Å². The monoisotopic (exact) mass is 385 g/mol. The molecular formula is C23H31NO4. The highest BCUT2D eigenvalue weighted by molar-refractivity contribution is 5.83. The van der Waals surface area contributed by atoms with Gasteiger partial charge >= 0.3 is 0 Å². The van der Waals surface area contributed by atoms with Crippen molar-refractivity contribution in [3.8, 4) is 11.5 Å². The summed E-state index contributed by atoms with van der Waals surface area (Å²) in [4.78, 5) is 13.0. The van der Waals surface area contributed by atoms with Gasteiger partial charge in [-0.3, -0.25) is 4.79 Å². The molecule has 1 aliphatic carbocycles. The molecule has 3 aliphatic rings. The fourth-order valence-electron chi connectivity index (χ4n) is 4.77. The first-order valence-corrected chi connectivity index (χ1v) is 10.2. The van der Waals surface area contributed by atoms with Crippen LogP contribution in [0.1, 0.15) is 46.1 Å². The minimum atomic E-state index is -0.125. The van der Waals surface area contributed by atoms with Crippen LogP contribution in [0.2, 0.25) is 0 Å². The number of fused-ring (bicyclic) bond motifs is 1. The van der Waals surface area contributed by atoms with Gasteiger partial charge < -0.3 is 19.5 Å². The molecule has 0 bridgehead atoms.